The number of nitrogens with zero attached hydrogens (tertiary/aromatic N) is 6. The van der Waals surface area contributed by atoms with Gasteiger partial charge in [-0.05, 0) is 6.26 Å². The number of aliphatic carboxylic acids is 2. The zero-order valence-electron chi connectivity index (χ0n) is 27.9. The lowest BCUT2D eigenvalue weighted by molar-refractivity contribution is -0.146. The van der Waals surface area contributed by atoms with Crippen LogP contribution in [0.25, 0.3) is 0 Å². The second kappa shape index (κ2) is 15.3. The largest absolute Gasteiger partial charge is 0.477 e. The molecule has 26 heteroatoms. The number of nitrogen functional groups attached to an aromatic ring is 2. The van der Waals surface area contributed by atoms with Crippen LogP contribution in [0.3, 0.4) is 0 Å². The van der Waals surface area contributed by atoms with Crippen LogP contribution in [0.4, 0.5) is 10.3 Å². The number of carboxylic acid groups (broad SMARTS) is 2. The van der Waals surface area contributed by atoms with Gasteiger partial charge in [0.05, 0.1) is 40.2 Å². The molecule has 286 valence electrons. The van der Waals surface area contributed by atoms with Crippen molar-refractivity contribution in [1.29, 1.82) is 0 Å². The number of oxime groups is 2. The van der Waals surface area contributed by atoms with Gasteiger partial charge in [-0.2, -0.15) is 0 Å². The van der Waals surface area contributed by atoms with Gasteiger partial charge in [-0.1, -0.05) is 55.4 Å². The molecule has 0 bridgehead atoms. The van der Waals surface area contributed by atoms with Crippen LogP contribution in [0.15, 0.2) is 43.6 Å². The van der Waals surface area contributed by atoms with Crippen molar-refractivity contribution < 1.29 is 48.7 Å². The molecule has 0 radical (unpaired) electrons. The number of β-lactam (4-membered cyclic amide) rings is 2. The van der Waals surface area contributed by atoms with Crippen molar-refractivity contribution in [3.05, 3.63) is 44.7 Å². The molecular formula is C28H28N10O10S6. The molecule has 54 heavy (non-hydrogen) atoms. The Morgan fingerprint density at radius 3 is 1.57 bits per heavy atom. The van der Waals surface area contributed by atoms with Gasteiger partial charge < -0.3 is 42.0 Å². The van der Waals surface area contributed by atoms with Crippen LogP contribution < -0.4 is 22.1 Å². The lowest BCUT2D eigenvalue weighted by Crippen LogP contribution is -2.65. The third kappa shape index (κ3) is 6.63. The number of rotatable bonds is 14. The minimum atomic E-state index is -2.01. The Balaban J connectivity index is 1.78. The lowest BCUT2D eigenvalue weighted by Gasteiger charge is -2.56. The minimum absolute atomic E-state index is 0.0341. The van der Waals surface area contributed by atoms with Gasteiger partial charge in [0.15, 0.2) is 20.0 Å². The maximum Gasteiger partial charge on any atom is 0.352 e. The highest BCUT2D eigenvalue weighted by molar-refractivity contribution is 8.76. The van der Waals surface area contributed by atoms with Gasteiger partial charge in [0.25, 0.3) is 11.8 Å². The predicted molar refractivity (Wildman–Crippen MR) is 204 cm³/mol. The van der Waals surface area contributed by atoms with Gasteiger partial charge in [-0.25, -0.2) is 19.6 Å². The monoisotopic (exact) mass is 856 g/mol. The summed E-state index contributed by atoms with van der Waals surface area (Å²) in [7, 11) is 4.40. The molecule has 4 aliphatic heterocycles. The summed E-state index contributed by atoms with van der Waals surface area (Å²) in [6.07, 6.45) is 2.96. The first-order chi connectivity index (χ1) is 25.7. The van der Waals surface area contributed by atoms with Gasteiger partial charge in [-0.3, -0.25) is 29.0 Å². The third-order valence-electron chi connectivity index (χ3n) is 8.22. The van der Waals surface area contributed by atoms with Crippen molar-refractivity contribution in [2.24, 2.45) is 10.3 Å². The average molecular weight is 857 g/mol. The Bertz CT molecular complexity index is 1930. The molecule has 2 fully saturated rings. The molecule has 6 heterocycles. The van der Waals surface area contributed by atoms with Gasteiger partial charge in [0.2, 0.25) is 11.8 Å². The van der Waals surface area contributed by atoms with Crippen LogP contribution in [-0.2, 0) is 48.2 Å². The van der Waals surface area contributed by atoms with E-state index in [1.165, 1.54) is 25.0 Å². The molecule has 8 N–H and O–H groups in total. The Hall–Kier alpha value is -4.50. The number of nitrogens with two attached hydrogens (primary N) is 2. The van der Waals surface area contributed by atoms with Crippen molar-refractivity contribution in [1.82, 2.24) is 30.4 Å². The first-order valence-corrected chi connectivity index (χ1v) is 21.2. The van der Waals surface area contributed by atoms with Crippen LogP contribution in [-0.4, -0.2) is 114 Å². The highest BCUT2D eigenvalue weighted by Gasteiger charge is 2.64. The number of nitrogens with one attached hydrogen (secondary N) is 2. The first-order valence-electron chi connectivity index (χ1n) is 15.1. The molecule has 2 aromatic heterocycles. The molecule has 4 atom stereocenters. The van der Waals surface area contributed by atoms with E-state index in [1.54, 1.807) is 6.26 Å². The maximum atomic E-state index is 13.7. The van der Waals surface area contributed by atoms with Crippen molar-refractivity contribution in [3.63, 3.8) is 0 Å². The number of carboxylic acids is 2. The summed E-state index contributed by atoms with van der Waals surface area (Å²) in [5.41, 5.74) is 10.6. The van der Waals surface area contributed by atoms with E-state index in [1.807, 2.05) is 0 Å². The second-order valence-electron chi connectivity index (χ2n) is 11.2. The van der Waals surface area contributed by atoms with E-state index in [2.05, 4.69) is 30.9 Å². The standard InChI is InChI=1S/C28H28N10O10S6/c1-47-31-6-12(39)35-27(10-8-50-25(29)33-10)18(20(23(43)44)37-14(41)4-16(37)52-27)22(54-49-3)19-21(24(45)46)38-15(42)5-17(38)53-28(19,11-9-51-26(30)34-11)36-13(40)7-32-48-2/h6-9,16-17,22H,4-5H2,1-3H3,(H2,29,33)(H2,30,34)(H,35,39)(H,36,40)(H,43,44)(H,45,46)/t16-,17-,22?,27?,28?/m0/s1. The van der Waals surface area contributed by atoms with E-state index in [4.69, 9.17) is 21.1 Å². The Morgan fingerprint density at radius 2 is 1.28 bits per heavy atom. The van der Waals surface area contributed by atoms with Crippen LogP contribution in [0.2, 0.25) is 0 Å². The molecule has 0 saturated carbocycles. The van der Waals surface area contributed by atoms with E-state index in [0.29, 0.717) is 0 Å². The van der Waals surface area contributed by atoms with Gasteiger partial charge >= 0.3 is 11.9 Å². The van der Waals surface area contributed by atoms with Gasteiger partial charge in [0.1, 0.15) is 38.0 Å². The number of hydrogen-bond donors (Lipinski definition) is 6. The Kier molecular flexibility index (Phi) is 11.1. The predicted octanol–water partition coefficient (Wildman–Crippen LogP) is 0.934. The molecule has 20 nitrogen and oxygen atoms in total. The lowest BCUT2D eigenvalue weighted by atomic mass is 9.85. The Morgan fingerprint density at radius 1 is 0.870 bits per heavy atom. The highest BCUT2D eigenvalue weighted by Crippen LogP contribution is 2.63. The van der Waals surface area contributed by atoms with Crippen molar-refractivity contribution in [2.45, 2.75) is 38.6 Å². The van der Waals surface area contributed by atoms with E-state index < -0.39 is 72.7 Å². The Labute approximate surface area is 329 Å². The fourth-order valence-corrected chi connectivity index (χ4v) is 13.3. The molecule has 0 aliphatic carbocycles. The normalized spacial score (nSPS) is 25.5. The molecule has 2 unspecified atom stereocenters. The number of carbonyl (C=O) groups is 6. The number of fused-ring (bicyclic) bond motifs is 2. The summed E-state index contributed by atoms with van der Waals surface area (Å²) in [5.74, 6) is -6.14. The molecule has 0 spiro atoms. The number of amides is 4. The van der Waals surface area contributed by atoms with Crippen molar-refractivity contribution >= 4 is 126 Å². The minimum Gasteiger partial charge on any atom is -0.477 e. The number of aromatic nitrogens is 2. The molecular weight excluding hydrogens is 829 g/mol. The zero-order valence-corrected chi connectivity index (χ0v) is 32.8. The number of thiazole rings is 2. The van der Waals surface area contributed by atoms with Crippen LogP contribution in [0, 0.1) is 0 Å². The number of anilines is 2. The topological polar surface area (TPSA) is 294 Å². The molecule has 4 amide bonds. The second-order valence-corrected chi connectivity index (χ2v) is 18.3. The van der Waals surface area contributed by atoms with Crippen LogP contribution in [0.1, 0.15) is 24.2 Å². The number of carbonyl (C=O) groups excluding carboxylic acids is 4. The first kappa shape index (κ1) is 39.2. The van der Waals surface area contributed by atoms with Crippen LogP contribution >= 0.6 is 67.8 Å². The molecule has 2 aromatic rings. The van der Waals surface area contributed by atoms with E-state index >= 15 is 0 Å². The molecule has 4 aliphatic rings. The molecule has 0 aromatic carbocycles. The highest BCUT2D eigenvalue weighted by atomic mass is 33.1. The molecule has 6 rings (SSSR count). The van der Waals surface area contributed by atoms with Crippen molar-refractivity contribution in [2.75, 3.05) is 31.9 Å². The van der Waals surface area contributed by atoms with Gasteiger partial charge in [-0.15, -0.1) is 22.7 Å². The third-order valence-corrected chi connectivity index (χ3v) is 14.7. The SMILES string of the molecule is CON=CC(=O)NC1(c2csc(N)n2)S[C@H]2CC(=O)N2C(C(=O)O)=C1C(SSC)C1=C(C(=O)O)N2C(=O)C[C@@H]2SC1(NC(=O)C=NOC)c1csc(N)n1. The summed E-state index contributed by atoms with van der Waals surface area (Å²) in [5, 5.41) is 34.6. The fraction of sp³-hybridized carbons (Fsp3) is 0.357. The zero-order chi connectivity index (χ0) is 39.1. The van der Waals surface area contributed by atoms with Gasteiger partial charge in [0, 0.05) is 21.9 Å². The summed E-state index contributed by atoms with van der Waals surface area (Å²) in [4.78, 5) is 97.5. The van der Waals surface area contributed by atoms with Crippen molar-refractivity contribution in [3.8, 4) is 0 Å². The average Bonchev–Trinajstić information content (AvgIpc) is 3.76. The number of hydrogen-bond acceptors (Lipinski definition) is 20. The summed E-state index contributed by atoms with van der Waals surface area (Å²) in [6.45, 7) is 0. The number of thioether (sulfide) groups is 2. The molecule has 2 saturated heterocycles. The van der Waals surface area contributed by atoms with E-state index in [9.17, 15) is 39.0 Å². The van der Waals surface area contributed by atoms with E-state index in [0.717, 1.165) is 90.0 Å². The van der Waals surface area contributed by atoms with Crippen LogP contribution in [0.5, 0.6) is 0 Å². The summed E-state index contributed by atoms with van der Waals surface area (Å²) in [6, 6.07) is 0. The summed E-state index contributed by atoms with van der Waals surface area (Å²) >= 11 is 3.87. The summed E-state index contributed by atoms with van der Waals surface area (Å²) < 4.78 is 0. The fourth-order valence-electron chi connectivity index (χ4n) is 6.25. The van der Waals surface area contributed by atoms with E-state index in [-0.39, 0.29) is 45.6 Å². The quantitative estimate of drug-likeness (QED) is 0.0667. The maximum absolute atomic E-state index is 13.7. The smallest absolute Gasteiger partial charge is 0.352 e.